The van der Waals surface area contributed by atoms with Gasteiger partial charge in [0, 0.05) is 23.3 Å². The van der Waals surface area contributed by atoms with Gasteiger partial charge in [0.2, 0.25) is 5.88 Å². The fourth-order valence-corrected chi connectivity index (χ4v) is 1.72. The van der Waals surface area contributed by atoms with Crippen molar-refractivity contribution < 1.29 is 4.74 Å². The lowest BCUT2D eigenvalue weighted by atomic mass is 10.3. The maximum Gasteiger partial charge on any atom is 0.238 e. The Balaban J connectivity index is 2.04. The van der Waals surface area contributed by atoms with Crippen LogP contribution in [0.15, 0.2) is 41.1 Å². The van der Waals surface area contributed by atoms with E-state index in [2.05, 4.69) is 45.1 Å². The number of aromatic nitrogens is 2. The molecule has 0 aliphatic rings. The van der Waals surface area contributed by atoms with Crippen LogP contribution < -0.4 is 10.1 Å². The quantitative estimate of drug-likeness (QED) is 0.915. The molecule has 0 aliphatic heterocycles. The fraction of sp³-hybridized carbons (Fsp3) is 0.286. The summed E-state index contributed by atoms with van der Waals surface area (Å²) in [6.07, 6.45) is 3.35. The Hall–Kier alpha value is -1.46. The summed E-state index contributed by atoms with van der Waals surface area (Å²) >= 11 is 3.38. The van der Waals surface area contributed by atoms with Gasteiger partial charge >= 0.3 is 0 Å². The molecule has 4 nitrogen and oxygen atoms in total. The Bertz CT molecular complexity index is 528. The molecule has 5 heteroatoms. The summed E-state index contributed by atoms with van der Waals surface area (Å²) in [6.45, 7) is 4.87. The lowest BCUT2D eigenvalue weighted by Crippen LogP contribution is -2.22. The zero-order chi connectivity index (χ0) is 13.7. The van der Waals surface area contributed by atoms with Crippen molar-refractivity contribution in [3.63, 3.8) is 0 Å². The highest BCUT2D eigenvalue weighted by molar-refractivity contribution is 9.10. The van der Waals surface area contributed by atoms with E-state index in [0.29, 0.717) is 18.5 Å². The molecule has 0 fully saturated rings. The number of hydrogen-bond donors (Lipinski definition) is 1. The van der Waals surface area contributed by atoms with Crippen LogP contribution in [0.3, 0.4) is 0 Å². The van der Waals surface area contributed by atoms with Crippen molar-refractivity contribution in [3.05, 3.63) is 46.8 Å². The van der Waals surface area contributed by atoms with E-state index in [0.717, 1.165) is 15.9 Å². The van der Waals surface area contributed by atoms with Gasteiger partial charge in [-0.1, -0.05) is 29.8 Å². The average molecular weight is 322 g/mol. The third-order valence-electron chi connectivity index (χ3n) is 2.39. The van der Waals surface area contributed by atoms with Crippen LogP contribution >= 0.6 is 15.9 Å². The number of nitrogens with zero attached hydrogens (tertiary/aromatic N) is 2. The summed E-state index contributed by atoms with van der Waals surface area (Å²) in [5.41, 5.74) is 0.864. The van der Waals surface area contributed by atoms with E-state index in [4.69, 9.17) is 4.74 Å². The van der Waals surface area contributed by atoms with Crippen LogP contribution in [-0.2, 0) is 6.54 Å². The van der Waals surface area contributed by atoms with Gasteiger partial charge in [-0.25, -0.2) is 4.98 Å². The molecule has 0 bridgehead atoms. The minimum Gasteiger partial charge on any atom is -0.437 e. The summed E-state index contributed by atoms with van der Waals surface area (Å²) in [7, 11) is 0. The lowest BCUT2D eigenvalue weighted by molar-refractivity contribution is 0.455. The normalized spacial score (nSPS) is 10.7. The van der Waals surface area contributed by atoms with Gasteiger partial charge < -0.3 is 10.1 Å². The third kappa shape index (κ3) is 4.61. The van der Waals surface area contributed by atoms with E-state index >= 15 is 0 Å². The van der Waals surface area contributed by atoms with Crippen molar-refractivity contribution in [2.45, 2.75) is 26.4 Å². The Kier molecular flexibility index (Phi) is 4.87. The standard InChI is InChI=1S/C14H16BrN3O/c1-10(2)17-8-12-7-16-9-14(18-12)19-13-5-3-11(15)4-6-13/h3-7,9-10,17H,8H2,1-2H3. The van der Waals surface area contributed by atoms with Gasteiger partial charge in [0.15, 0.2) is 0 Å². The maximum absolute atomic E-state index is 5.66. The molecule has 19 heavy (non-hydrogen) atoms. The summed E-state index contributed by atoms with van der Waals surface area (Å²) < 4.78 is 6.67. The molecule has 1 N–H and O–H groups in total. The lowest BCUT2D eigenvalue weighted by Gasteiger charge is -2.09. The molecule has 2 rings (SSSR count). The average Bonchev–Trinajstić information content (AvgIpc) is 2.40. The van der Waals surface area contributed by atoms with Crippen molar-refractivity contribution in [2.24, 2.45) is 0 Å². The molecule has 0 saturated carbocycles. The monoisotopic (exact) mass is 321 g/mol. The highest BCUT2D eigenvalue weighted by Gasteiger charge is 2.02. The van der Waals surface area contributed by atoms with E-state index < -0.39 is 0 Å². The highest BCUT2D eigenvalue weighted by Crippen LogP contribution is 2.21. The predicted molar refractivity (Wildman–Crippen MR) is 78.2 cm³/mol. The number of halogens is 1. The van der Waals surface area contributed by atoms with Gasteiger partial charge in [-0.2, -0.15) is 0 Å². The number of ether oxygens (including phenoxy) is 1. The molecule has 0 amide bonds. The van der Waals surface area contributed by atoms with Crippen LogP contribution in [-0.4, -0.2) is 16.0 Å². The summed E-state index contributed by atoms with van der Waals surface area (Å²) in [4.78, 5) is 8.54. The second-order valence-electron chi connectivity index (χ2n) is 4.44. The smallest absolute Gasteiger partial charge is 0.238 e. The van der Waals surface area contributed by atoms with Crippen molar-refractivity contribution in [1.82, 2.24) is 15.3 Å². The molecule has 0 spiro atoms. The molecule has 2 aromatic rings. The minimum atomic E-state index is 0.415. The topological polar surface area (TPSA) is 47.0 Å². The Morgan fingerprint density at radius 1 is 1.21 bits per heavy atom. The van der Waals surface area contributed by atoms with Gasteiger partial charge in [0.1, 0.15) is 5.75 Å². The van der Waals surface area contributed by atoms with E-state index in [1.807, 2.05) is 24.3 Å². The molecule has 100 valence electrons. The van der Waals surface area contributed by atoms with Crippen LogP contribution in [0.1, 0.15) is 19.5 Å². The van der Waals surface area contributed by atoms with Crippen molar-refractivity contribution in [3.8, 4) is 11.6 Å². The molecule has 0 unspecified atom stereocenters. The van der Waals surface area contributed by atoms with Crippen molar-refractivity contribution in [1.29, 1.82) is 0 Å². The molecule has 1 heterocycles. The Morgan fingerprint density at radius 2 is 1.95 bits per heavy atom. The zero-order valence-electron chi connectivity index (χ0n) is 10.9. The van der Waals surface area contributed by atoms with E-state index in [-0.39, 0.29) is 0 Å². The van der Waals surface area contributed by atoms with Gasteiger partial charge in [0.25, 0.3) is 0 Å². The van der Waals surface area contributed by atoms with Crippen LogP contribution in [0.2, 0.25) is 0 Å². The molecular weight excluding hydrogens is 306 g/mol. The zero-order valence-corrected chi connectivity index (χ0v) is 12.5. The van der Waals surface area contributed by atoms with Crippen LogP contribution in [0, 0.1) is 0 Å². The first-order valence-corrected chi connectivity index (χ1v) is 6.90. The second-order valence-corrected chi connectivity index (χ2v) is 5.36. The first-order chi connectivity index (χ1) is 9.13. The molecule has 0 radical (unpaired) electrons. The SMILES string of the molecule is CC(C)NCc1cncc(Oc2ccc(Br)cc2)n1. The second kappa shape index (κ2) is 6.63. The van der Waals surface area contributed by atoms with Gasteiger partial charge in [-0.3, -0.25) is 4.98 Å². The third-order valence-corrected chi connectivity index (χ3v) is 2.92. The van der Waals surface area contributed by atoms with E-state index in [1.165, 1.54) is 0 Å². The Labute approximate surface area is 121 Å². The van der Waals surface area contributed by atoms with Crippen molar-refractivity contribution >= 4 is 15.9 Å². The predicted octanol–water partition coefficient (Wildman–Crippen LogP) is 3.53. The van der Waals surface area contributed by atoms with Crippen LogP contribution in [0.4, 0.5) is 0 Å². The number of hydrogen-bond acceptors (Lipinski definition) is 4. The number of rotatable bonds is 5. The highest BCUT2D eigenvalue weighted by atomic mass is 79.9. The number of benzene rings is 1. The van der Waals surface area contributed by atoms with E-state index in [9.17, 15) is 0 Å². The fourth-order valence-electron chi connectivity index (χ4n) is 1.45. The van der Waals surface area contributed by atoms with Crippen LogP contribution in [0.25, 0.3) is 0 Å². The largest absolute Gasteiger partial charge is 0.437 e. The summed E-state index contributed by atoms with van der Waals surface area (Å²) in [5.74, 6) is 1.25. The number of nitrogens with one attached hydrogen (secondary N) is 1. The first-order valence-electron chi connectivity index (χ1n) is 6.11. The molecular formula is C14H16BrN3O. The van der Waals surface area contributed by atoms with Crippen LogP contribution in [0.5, 0.6) is 11.6 Å². The van der Waals surface area contributed by atoms with Crippen molar-refractivity contribution in [2.75, 3.05) is 0 Å². The Morgan fingerprint density at radius 3 is 2.63 bits per heavy atom. The summed E-state index contributed by atoms with van der Waals surface area (Å²) in [5, 5.41) is 3.30. The van der Waals surface area contributed by atoms with Gasteiger partial charge in [-0.05, 0) is 24.3 Å². The molecule has 0 atom stereocenters. The minimum absolute atomic E-state index is 0.415. The molecule has 1 aromatic carbocycles. The molecule has 0 saturated heterocycles. The van der Waals surface area contributed by atoms with Gasteiger partial charge in [-0.15, -0.1) is 0 Å². The maximum atomic E-state index is 5.66. The molecule has 0 aliphatic carbocycles. The van der Waals surface area contributed by atoms with Gasteiger partial charge in [0.05, 0.1) is 11.9 Å². The summed E-state index contributed by atoms with van der Waals surface area (Å²) in [6, 6.07) is 8.02. The first kappa shape index (κ1) is 14.0. The molecule has 1 aromatic heterocycles. The van der Waals surface area contributed by atoms with E-state index in [1.54, 1.807) is 12.4 Å².